The largest absolute Gasteiger partial charge is 0.481 e. The Balaban J connectivity index is 2.04. The molecule has 0 saturated carbocycles. The van der Waals surface area contributed by atoms with E-state index in [0.29, 0.717) is 13.0 Å². The number of aromatic nitrogens is 1. The van der Waals surface area contributed by atoms with Crippen molar-refractivity contribution >= 4 is 28.3 Å². The number of amides is 1. The SMILES string of the molecule is CC1C(=O)NCCN1c1nc(CCC(=O)O)cs1. The van der Waals surface area contributed by atoms with Gasteiger partial charge in [0.1, 0.15) is 6.04 Å². The highest BCUT2D eigenvalue weighted by molar-refractivity contribution is 7.13. The van der Waals surface area contributed by atoms with Crippen LogP contribution in [0.4, 0.5) is 5.13 Å². The van der Waals surface area contributed by atoms with E-state index in [1.807, 2.05) is 17.2 Å². The maximum atomic E-state index is 11.5. The van der Waals surface area contributed by atoms with Crippen molar-refractivity contribution < 1.29 is 14.7 Å². The van der Waals surface area contributed by atoms with E-state index in [9.17, 15) is 9.59 Å². The summed E-state index contributed by atoms with van der Waals surface area (Å²) < 4.78 is 0. The molecule has 1 saturated heterocycles. The van der Waals surface area contributed by atoms with Gasteiger partial charge in [-0.25, -0.2) is 4.98 Å². The van der Waals surface area contributed by atoms with E-state index in [-0.39, 0.29) is 18.4 Å². The molecule has 2 rings (SSSR count). The van der Waals surface area contributed by atoms with Crippen molar-refractivity contribution in [2.75, 3.05) is 18.0 Å². The van der Waals surface area contributed by atoms with Crippen molar-refractivity contribution in [1.82, 2.24) is 10.3 Å². The number of hydrogen-bond donors (Lipinski definition) is 2. The van der Waals surface area contributed by atoms with Crippen LogP contribution in [0.5, 0.6) is 0 Å². The number of carboxylic acid groups (broad SMARTS) is 1. The molecule has 1 amide bonds. The maximum absolute atomic E-state index is 11.5. The molecule has 1 aliphatic rings. The molecule has 0 bridgehead atoms. The highest BCUT2D eigenvalue weighted by Crippen LogP contribution is 2.24. The number of piperazine rings is 1. The first kappa shape index (κ1) is 12.8. The topological polar surface area (TPSA) is 82.5 Å². The molecule has 1 aliphatic heterocycles. The molecule has 0 radical (unpaired) electrons. The van der Waals surface area contributed by atoms with Crippen LogP contribution < -0.4 is 10.2 Å². The van der Waals surface area contributed by atoms with Crippen molar-refractivity contribution in [3.05, 3.63) is 11.1 Å². The Morgan fingerprint density at radius 2 is 2.50 bits per heavy atom. The smallest absolute Gasteiger partial charge is 0.303 e. The Hall–Kier alpha value is -1.63. The Morgan fingerprint density at radius 3 is 3.22 bits per heavy atom. The zero-order valence-electron chi connectivity index (χ0n) is 10.0. The minimum Gasteiger partial charge on any atom is -0.481 e. The van der Waals surface area contributed by atoms with E-state index in [0.717, 1.165) is 17.4 Å². The third-order valence-corrected chi connectivity index (χ3v) is 3.81. The summed E-state index contributed by atoms with van der Waals surface area (Å²) >= 11 is 1.46. The van der Waals surface area contributed by atoms with Gasteiger partial charge in [-0.2, -0.15) is 0 Å². The highest BCUT2D eigenvalue weighted by atomic mass is 32.1. The predicted molar refractivity (Wildman–Crippen MR) is 67.9 cm³/mol. The van der Waals surface area contributed by atoms with E-state index in [2.05, 4.69) is 10.3 Å². The molecule has 18 heavy (non-hydrogen) atoms. The molecular formula is C11H15N3O3S. The number of rotatable bonds is 4. The average Bonchev–Trinajstić information content (AvgIpc) is 2.78. The second-order valence-electron chi connectivity index (χ2n) is 4.18. The van der Waals surface area contributed by atoms with Crippen molar-refractivity contribution in [2.45, 2.75) is 25.8 Å². The molecule has 0 aromatic carbocycles. The normalized spacial score (nSPS) is 19.7. The lowest BCUT2D eigenvalue weighted by Gasteiger charge is -2.32. The van der Waals surface area contributed by atoms with E-state index < -0.39 is 5.97 Å². The molecule has 2 N–H and O–H groups in total. The van der Waals surface area contributed by atoms with E-state index in [1.165, 1.54) is 11.3 Å². The van der Waals surface area contributed by atoms with Crippen LogP contribution in [0, 0.1) is 0 Å². The third kappa shape index (κ3) is 2.79. The van der Waals surface area contributed by atoms with E-state index in [1.54, 1.807) is 0 Å². The summed E-state index contributed by atoms with van der Waals surface area (Å²) in [5, 5.41) is 14.1. The molecule has 1 unspecified atom stereocenters. The van der Waals surface area contributed by atoms with E-state index in [4.69, 9.17) is 5.11 Å². The minimum absolute atomic E-state index is 0.00327. The quantitative estimate of drug-likeness (QED) is 0.831. The van der Waals surface area contributed by atoms with Gasteiger partial charge in [0.15, 0.2) is 5.13 Å². The van der Waals surface area contributed by atoms with Gasteiger partial charge in [-0.05, 0) is 6.92 Å². The number of carbonyl (C=O) groups is 2. The first-order valence-corrected chi connectivity index (χ1v) is 6.66. The summed E-state index contributed by atoms with van der Waals surface area (Å²) in [6.45, 7) is 3.19. The summed E-state index contributed by atoms with van der Waals surface area (Å²) in [6, 6.07) is -0.225. The van der Waals surface area contributed by atoms with Gasteiger partial charge < -0.3 is 15.3 Å². The van der Waals surface area contributed by atoms with Gasteiger partial charge in [0, 0.05) is 24.9 Å². The molecule has 2 heterocycles. The second-order valence-corrected chi connectivity index (χ2v) is 5.01. The molecule has 6 nitrogen and oxygen atoms in total. The van der Waals surface area contributed by atoms with Gasteiger partial charge in [0.05, 0.1) is 12.1 Å². The van der Waals surface area contributed by atoms with Gasteiger partial charge in [0.2, 0.25) is 5.91 Å². The number of thiazole rings is 1. The molecule has 98 valence electrons. The number of anilines is 1. The second kappa shape index (κ2) is 5.34. The summed E-state index contributed by atoms with van der Waals surface area (Å²) in [5.74, 6) is -0.821. The molecule has 0 aliphatic carbocycles. The van der Waals surface area contributed by atoms with Gasteiger partial charge in [0.25, 0.3) is 0 Å². The first-order valence-electron chi connectivity index (χ1n) is 5.78. The Morgan fingerprint density at radius 1 is 1.72 bits per heavy atom. The van der Waals surface area contributed by atoms with Crippen LogP contribution in [0.1, 0.15) is 19.0 Å². The number of nitrogens with one attached hydrogen (secondary N) is 1. The lowest BCUT2D eigenvalue weighted by molar-refractivity contribution is -0.137. The summed E-state index contributed by atoms with van der Waals surface area (Å²) in [4.78, 5) is 28.4. The van der Waals surface area contributed by atoms with Crippen molar-refractivity contribution in [3.8, 4) is 0 Å². The number of nitrogens with zero attached hydrogens (tertiary/aromatic N) is 2. The summed E-state index contributed by atoms with van der Waals surface area (Å²) in [6.07, 6.45) is 0.513. The van der Waals surface area contributed by atoms with Crippen LogP contribution in [0.2, 0.25) is 0 Å². The summed E-state index contributed by atoms with van der Waals surface area (Å²) in [5.41, 5.74) is 0.774. The number of aryl methyl sites for hydroxylation is 1. The fourth-order valence-corrected chi connectivity index (χ4v) is 2.79. The summed E-state index contributed by atoms with van der Waals surface area (Å²) in [7, 11) is 0. The van der Waals surface area contributed by atoms with Crippen LogP contribution in [-0.2, 0) is 16.0 Å². The number of carboxylic acids is 1. The molecule has 1 aromatic rings. The third-order valence-electron chi connectivity index (χ3n) is 2.88. The molecule has 0 spiro atoms. The predicted octanol–water partition coefficient (Wildman–Crippen LogP) is 0.485. The van der Waals surface area contributed by atoms with Crippen molar-refractivity contribution in [3.63, 3.8) is 0 Å². The fourth-order valence-electron chi connectivity index (χ4n) is 1.82. The number of aliphatic carboxylic acids is 1. The average molecular weight is 269 g/mol. The van der Waals surface area contributed by atoms with Crippen molar-refractivity contribution in [2.24, 2.45) is 0 Å². The minimum atomic E-state index is -0.824. The monoisotopic (exact) mass is 269 g/mol. The van der Waals surface area contributed by atoms with Gasteiger partial charge in [-0.1, -0.05) is 0 Å². The van der Waals surface area contributed by atoms with E-state index >= 15 is 0 Å². The van der Waals surface area contributed by atoms with Gasteiger partial charge in [-0.3, -0.25) is 9.59 Å². The maximum Gasteiger partial charge on any atom is 0.303 e. The van der Waals surface area contributed by atoms with Crippen LogP contribution in [-0.4, -0.2) is 41.1 Å². The molecule has 7 heteroatoms. The van der Waals surface area contributed by atoms with Crippen LogP contribution in [0.3, 0.4) is 0 Å². The zero-order chi connectivity index (χ0) is 13.1. The Bertz CT molecular complexity index is 460. The lowest BCUT2D eigenvalue weighted by Crippen LogP contribution is -2.54. The number of carbonyl (C=O) groups excluding carboxylic acids is 1. The molecule has 1 atom stereocenters. The molecule has 1 aromatic heterocycles. The van der Waals surface area contributed by atoms with Crippen molar-refractivity contribution in [1.29, 1.82) is 0 Å². The standard InChI is InChI=1S/C11H15N3O3S/c1-7-10(17)12-4-5-14(7)11-13-8(6-18-11)2-3-9(15)16/h6-7H,2-5H2,1H3,(H,12,17)(H,15,16). The molecule has 1 fully saturated rings. The Kier molecular flexibility index (Phi) is 3.81. The van der Waals surface area contributed by atoms with Gasteiger partial charge in [-0.15, -0.1) is 11.3 Å². The first-order chi connectivity index (χ1) is 8.58. The van der Waals surface area contributed by atoms with Gasteiger partial charge >= 0.3 is 5.97 Å². The Labute approximate surface area is 109 Å². The van der Waals surface area contributed by atoms with Crippen LogP contribution >= 0.6 is 11.3 Å². The zero-order valence-corrected chi connectivity index (χ0v) is 10.9. The fraction of sp³-hybridized carbons (Fsp3) is 0.545. The van der Waals surface area contributed by atoms with Crippen LogP contribution in [0.25, 0.3) is 0 Å². The molecular weight excluding hydrogens is 254 g/mol. The highest BCUT2D eigenvalue weighted by Gasteiger charge is 2.27. The lowest BCUT2D eigenvalue weighted by atomic mass is 10.2. The number of hydrogen-bond acceptors (Lipinski definition) is 5. The van der Waals surface area contributed by atoms with Crippen LogP contribution in [0.15, 0.2) is 5.38 Å².